The topological polar surface area (TPSA) is 38.3 Å². The maximum Gasteiger partial charge on any atom is 0.411 e. The number of ether oxygens (including phenoxy) is 1. The van der Waals surface area contributed by atoms with Gasteiger partial charge < -0.3 is 4.74 Å². The summed E-state index contributed by atoms with van der Waals surface area (Å²) < 4.78 is 5.84. The van der Waals surface area contributed by atoms with Crippen LogP contribution in [0.4, 0.5) is 10.5 Å². The van der Waals surface area contributed by atoms with Crippen molar-refractivity contribution in [1.29, 1.82) is 0 Å². The van der Waals surface area contributed by atoms with Gasteiger partial charge in [0.15, 0.2) is 0 Å². The van der Waals surface area contributed by atoms with Gasteiger partial charge in [-0.1, -0.05) is 109 Å². The lowest BCUT2D eigenvalue weighted by Gasteiger charge is -2.35. The van der Waals surface area contributed by atoms with Crippen LogP contribution in [0, 0.1) is 0 Å². The van der Waals surface area contributed by atoms with Crippen LogP contribution in [0.5, 0.6) is 0 Å². The van der Waals surface area contributed by atoms with E-state index in [-0.39, 0.29) is 6.61 Å². The van der Waals surface area contributed by atoms with Gasteiger partial charge >= 0.3 is 6.09 Å². The number of rotatable bonds is 7. The second-order valence-corrected chi connectivity index (χ2v) is 7.54. The van der Waals surface area contributed by atoms with E-state index in [9.17, 15) is 4.79 Å². The van der Waals surface area contributed by atoms with Crippen LogP contribution < -0.4 is 5.32 Å². The Balaban J connectivity index is 1.69. The molecule has 0 unspecified atom stereocenters. The summed E-state index contributed by atoms with van der Waals surface area (Å²) >= 11 is 0. The van der Waals surface area contributed by atoms with Crippen molar-refractivity contribution in [3.05, 3.63) is 138 Å². The molecule has 1 N–H and O–H groups in total. The Hall–Kier alpha value is -3.85. The molecule has 4 aromatic rings. The van der Waals surface area contributed by atoms with Crippen molar-refractivity contribution in [3.8, 4) is 0 Å². The summed E-state index contributed by atoms with van der Waals surface area (Å²) in [7, 11) is 0. The molecule has 0 aliphatic heterocycles. The van der Waals surface area contributed by atoms with Gasteiger partial charge in [-0.25, -0.2) is 4.79 Å². The number of hydrogen-bond acceptors (Lipinski definition) is 2. The maximum absolute atomic E-state index is 12.6. The number of carbonyl (C=O) groups is 1. The summed E-state index contributed by atoms with van der Waals surface area (Å²) in [5, 5.41) is 2.82. The Bertz CT molecular complexity index is 1040. The molecule has 0 spiro atoms. The average Bonchev–Trinajstić information content (AvgIpc) is 2.84. The van der Waals surface area contributed by atoms with E-state index in [2.05, 4.69) is 41.7 Å². The Morgan fingerprint density at radius 2 is 1.10 bits per heavy atom. The Labute approximate surface area is 183 Å². The fourth-order valence-corrected chi connectivity index (χ4v) is 3.91. The number of anilines is 1. The Morgan fingerprint density at radius 3 is 1.61 bits per heavy atom. The lowest BCUT2D eigenvalue weighted by molar-refractivity contribution is 0.137. The first kappa shape index (κ1) is 20.4. The minimum atomic E-state index is -0.516. The number of carbonyl (C=O) groups excluding carboxylic acids is 1. The van der Waals surface area contributed by atoms with E-state index in [0.717, 1.165) is 11.1 Å². The van der Waals surface area contributed by atoms with Crippen LogP contribution in [0.1, 0.15) is 16.7 Å². The molecule has 1 amide bonds. The third kappa shape index (κ3) is 5.01. The molecule has 0 aromatic heterocycles. The third-order valence-electron chi connectivity index (χ3n) is 5.47. The maximum atomic E-state index is 12.6. The second-order valence-electron chi connectivity index (χ2n) is 7.54. The van der Waals surface area contributed by atoms with E-state index in [1.807, 2.05) is 84.9 Å². The van der Waals surface area contributed by atoms with Crippen molar-refractivity contribution in [2.45, 2.75) is 11.8 Å². The molecule has 3 nitrogen and oxygen atoms in total. The van der Waals surface area contributed by atoms with Crippen LogP contribution in [0.25, 0.3) is 0 Å². The molecule has 0 atom stereocenters. The Morgan fingerprint density at radius 1 is 0.645 bits per heavy atom. The number of hydrogen-bond donors (Lipinski definition) is 1. The minimum Gasteiger partial charge on any atom is -0.448 e. The second kappa shape index (κ2) is 9.77. The van der Waals surface area contributed by atoms with Gasteiger partial charge in [0.05, 0.1) is 5.41 Å². The molecule has 0 bridgehead atoms. The summed E-state index contributed by atoms with van der Waals surface area (Å²) in [5.41, 5.74) is 3.59. The zero-order valence-corrected chi connectivity index (χ0v) is 17.3. The average molecular weight is 408 g/mol. The zero-order chi connectivity index (χ0) is 21.4. The van der Waals surface area contributed by atoms with Gasteiger partial charge in [0.1, 0.15) is 6.61 Å². The monoisotopic (exact) mass is 407 g/mol. The molecule has 3 heteroatoms. The summed E-state index contributed by atoms with van der Waals surface area (Å²) in [5.74, 6) is 0. The van der Waals surface area contributed by atoms with Crippen LogP contribution in [0.2, 0.25) is 0 Å². The van der Waals surface area contributed by atoms with Crippen molar-refractivity contribution < 1.29 is 9.53 Å². The molecule has 0 aliphatic carbocycles. The fourth-order valence-electron chi connectivity index (χ4n) is 3.91. The van der Waals surface area contributed by atoms with Crippen molar-refractivity contribution in [2.24, 2.45) is 0 Å². The number of amides is 1. The predicted molar refractivity (Wildman–Crippen MR) is 125 cm³/mol. The van der Waals surface area contributed by atoms with Crippen molar-refractivity contribution in [3.63, 3.8) is 0 Å². The lowest BCUT2D eigenvalue weighted by Crippen LogP contribution is -2.37. The highest BCUT2D eigenvalue weighted by Gasteiger charge is 2.36. The van der Waals surface area contributed by atoms with Gasteiger partial charge in [-0.05, 0) is 35.2 Å². The molecular formula is C28H25NO2. The molecule has 0 heterocycles. The van der Waals surface area contributed by atoms with Gasteiger partial charge in [0.25, 0.3) is 0 Å². The number of para-hydroxylation sites is 1. The highest BCUT2D eigenvalue weighted by Crippen LogP contribution is 2.36. The summed E-state index contributed by atoms with van der Waals surface area (Å²) in [6, 6.07) is 40.2. The molecule has 0 saturated carbocycles. The first-order valence-electron chi connectivity index (χ1n) is 10.4. The molecule has 0 aliphatic rings. The van der Waals surface area contributed by atoms with E-state index in [1.54, 1.807) is 0 Å². The lowest BCUT2D eigenvalue weighted by atomic mass is 9.71. The van der Waals surface area contributed by atoms with Crippen LogP contribution in [-0.4, -0.2) is 12.7 Å². The van der Waals surface area contributed by atoms with Gasteiger partial charge in [-0.3, -0.25) is 5.32 Å². The molecular weight excluding hydrogens is 382 g/mol. The molecule has 31 heavy (non-hydrogen) atoms. The van der Waals surface area contributed by atoms with Gasteiger partial charge in [0.2, 0.25) is 0 Å². The Kier molecular flexibility index (Phi) is 6.44. The largest absolute Gasteiger partial charge is 0.448 e. The van der Waals surface area contributed by atoms with Gasteiger partial charge in [0, 0.05) is 5.69 Å². The smallest absolute Gasteiger partial charge is 0.411 e. The van der Waals surface area contributed by atoms with Crippen molar-refractivity contribution in [2.75, 3.05) is 11.9 Å². The summed E-state index contributed by atoms with van der Waals surface area (Å²) in [6.07, 6.45) is 0.246. The van der Waals surface area contributed by atoms with Crippen LogP contribution >= 0.6 is 0 Å². The van der Waals surface area contributed by atoms with Crippen LogP contribution in [-0.2, 0) is 16.6 Å². The first-order valence-corrected chi connectivity index (χ1v) is 10.4. The van der Waals surface area contributed by atoms with E-state index >= 15 is 0 Å². The van der Waals surface area contributed by atoms with Crippen molar-refractivity contribution in [1.82, 2.24) is 0 Å². The van der Waals surface area contributed by atoms with Gasteiger partial charge in [-0.15, -0.1) is 0 Å². The van der Waals surface area contributed by atoms with Crippen LogP contribution in [0.3, 0.4) is 0 Å². The molecule has 4 aromatic carbocycles. The molecule has 0 saturated heterocycles. The minimum absolute atomic E-state index is 0.217. The molecule has 0 fully saturated rings. The highest BCUT2D eigenvalue weighted by molar-refractivity contribution is 5.84. The number of nitrogens with one attached hydrogen (secondary N) is 1. The predicted octanol–water partition coefficient (Wildman–Crippen LogP) is 6.46. The van der Waals surface area contributed by atoms with Crippen molar-refractivity contribution >= 4 is 11.8 Å². The van der Waals surface area contributed by atoms with Crippen LogP contribution in [0.15, 0.2) is 121 Å². The number of benzene rings is 4. The normalized spacial score (nSPS) is 11.0. The first-order chi connectivity index (χ1) is 15.3. The highest BCUT2D eigenvalue weighted by atomic mass is 16.5. The molecule has 4 rings (SSSR count). The van der Waals surface area contributed by atoms with Gasteiger partial charge in [-0.2, -0.15) is 0 Å². The molecule has 0 radical (unpaired) electrons. The van der Waals surface area contributed by atoms with E-state index < -0.39 is 11.5 Å². The summed E-state index contributed by atoms with van der Waals surface area (Å²) in [4.78, 5) is 12.6. The third-order valence-corrected chi connectivity index (χ3v) is 5.47. The van der Waals surface area contributed by atoms with E-state index in [1.165, 1.54) is 5.56 Å². The molecule has 154 valence electrons. The van der Waals surface area contributed by atoms with E-state index in [4.69, 9.17) is 4.74 Å². The SMILES string of the molecule is O=C(Nc1ccccc1)OCC(Cc1ccccc1)(c1ccccc1)c1ccccc1. The fraction of sp³-hybridized carbons (Fsp3) is 0.107. The standard InChI is InChI=1S/C28H25NO2/c30-27(29-26-19-11-4-12-20-26)31-22-28(24-15-7-2-8-16-24,25-17-9-3-10-18-25)21-23-13-5-1-6-14-23/h1-20H,21-22H2,(H,29,30). The quantitative estimate of drug-likeness (QED) is 0.382. The van der Waals surface area contributed by atoms with E-state index in [0.29, 0.717) is 12.1 Å². The zero-order valence-electron chi connectivity index (χ0n) is 17.3. The summed E-state index contributed by atoms with van der Waals surface area (Å²) in [6.45, 7) is 0.217.